The van der Waals surface area contributed by atoms with Crippen molar-refractivity contribution in [3.8, 4) is 18.3 Å². The number of rotatable bonds is 0. The van der Waals surface area contributed by atoms with Gasteiger partial charge in [0.05, 0.1) is 5.92 Å². The van der Waals surface area contributed by atoms with E-state index in [2.05, 4.69) is 11.8 Å². The van der Waals surface area contributed by atoms with Gasteiger partial charge in [0, 0.05) is 0 Å². The molecule has 0 aromatic carbocycles. The van der Waals surface area contributed by atoms with Gasteiger partial charge in [-0.15, -0.1) is 6.42 Å². The van der Waals surface area contributed by atoms with Gasteiger partial charge in [0.25, 0.3) is 0 Å². The van der Waals surface area contributed by atoms with Crippen molar-refractivity contribution in [3.63, 3.8) is 0 Å². The summed E-state index contributed by atoms with van der Waals surface area (Å²) in [4.78, 5) is 0. The highest BCUT2D eigenvalue weighted by Crippen LogP contribution is 1.82. The highest BCUT2D eigenvalue weighted by atomic mass is 13.8. The van der Waals surface area contributed by atoms with Crippen LogP contribution in [0.15, 0.2) is 0 Å². The van der Waals surface area contributed by atoms with Crippen molar-refractivity contribution in [1.29, 1.82) is 0 Å². The molecule has 0 aromatic rings. The standard InChI is InChI=1S/C6H5/c1-4-6(3)5-2/h1,6H,3H3. The second-order valence-electron chi connectivity index (χ2n) is 1.03. The molecule has 0 bridgehead atoms. The Morgan fingerprint density at radius 3 is 2.33 bits per heavy atom. The maximum atomic E-state index is 6.42. The Morgan fingerprint density at radius 1 is 1.83 bits per heavy atom. The average molecular weight is 77.1 g/mol. The Hall–Kier alpha value is -0.880. The molecule has 0 amide bonds. The molecule has 0 aliphatic heterocycles. The van der Waals surface area contributed by atoms with E-state index in [1.54, 1.807) is 6.92 Å². The monoisotopic (exact) mass is 77.0 g/mol. The summed E-state index contributed by atoms with van der Waals surface area (Å²) in [5, 5.41) is 0. The first-order valence-corrected chi connectivity index (χ1v) is 1.69. The first-order chi connectivity index (χ1) is 2.81. The fourth-order valence-electron chi connectivity index (χ4n) is 0.0417. The quantitative estimate of drug-likeness (QED) is 0.376. The van der Waals surface area contributed by atoms with Gasteiger partial charge in [0.1, 0.15) is 0 Å². The van der Waals surface area contributed by atoms with Gasteiger partial charge in [-0.25, -0.2) is 0 Å². The zero-order valence-electron chi connectivity index (χ0n) is 3.65. The van der Waals surface area contributed by atoms with Crippen LogP contribution in [0.1, 0.15) is 6.92 Å². The molecular weight excluding hydrogens is 72.1 g/mol. The van der Waals surface area contributed by atoms with Crippen molar-refractivity contribution in [2.75, 3.05) is 0 Å². The van der Waals surface area contributed by atoms with Crippen LogP contribution in [0.25, 0.3) is 0 Å². The van der Waals surface area contributed by atoms with E-state index in [4.69, 9.17) is 12.8 Å². The van der Waals surface area contributed by atoms with E-state index >= 15 is 0 Å². The van der Waals surface area contributed by atoms with Crippen molar-refractivity contribution in [2.24, 2.45) is 5.92 Å². The van der Waals surface area contributed by atoms with Gasteiger partial charge in [-0.3, -0.25) is 0 Å². The lowest BCUT2D eigenvalue weighted by Crippen LogP contribution is -1.77. The summed E-state index contributed by atoms with van der Waals surface area (Å²) >= 11 is 0. The molecule has 0 fully saturated rings. The normalized spacial score (nSPS) is 6.67. The highest BCUT2D eigenvalue weighted by molar-refractivity contribution is 5.04. The Balaban J connectivity index is 3.40. The first kappa shape index (κ1) is 5.12. The molecule has 1 atom stereocenters. The van der Waals surface area contributed by atoms with Crippen LogP contribution in [-0.4, -0.2) is 0 Å². The summed E-state index contributed by atoms with van der Waals surface area (Å²) in [5.74, 6) is 4.32. The third kappa shape index (κ3) is 1.44. The van der Waals surface area contributed by atoms with E-state index in [0.717, 1.165) is 0 Å². The van der Waals surface area contributed by atoms with E-state index in [0.29, 0.717) is 0 Å². The molecule has 0 rings (SSSR count). The van der Waals surface area contributed by atoms with Crippen molar-refractivity contribution in [3.05, 3.63) is 6.42 Å². The largest absolute Gasteiger partial charge is 0.119 e. The van der Waals surface area contributed by atoms with Crippen molar-refractivity contribution < 1.29 is 0 Å². The van der Waals surface area contributed by atoms with Crippen molar-refractivity contribution >= 4 is 0 Å². The van der Waals surface area contributed by atoms with E-state index < -0.39 is 0 Å². The summed E-state index contributed by atoms with van der Waals surface area (Å²) in [6.45, 7) is 1.74. The fourth-order valence-corrected chi connectivity index (χ4v) is 0.0417. The minimum absolute atomic E-state index is 0.120. The molecular formula is C6H5. The Kier molecular flexibility index (Phi) is 2.02. The summed E-state index contributed by atoms with van der Waals surface area (Å²) < 4.78 is 0. The lowest BCUT2D eigenvalue weighted by molar-refractivity contribution is 1.02. The minimum atomic E-state index is -0.120. The van der Waals surface area contributed by atoms with E-state index in [-0.39, 0.29) is 5.92 Å². The lowest BCUT2D eigenvalue weighted by atomic mass is 10.2. The Morgan fingerprint density at radius 2 is 2.33 bits per heavy atom. The molecule has 29 valence electrons. The van der Waals surface area contributed by atoms with Crippen LogP contribution < -0.4 is 0 Å². The van der Waals surface area contributed by atoms with Gasteiger partial charge in [-0.1, -0.05) is 11.8 Å². The van der Waals surface area contributed by atoms with Crippen LogP contribution in [0.2, 0.25) is 0 Å². The van der Waals surface area contributed by atoms with Gasteiger partial charge in [0.2, 0.25) is 0 Å². The molecule has 1 radical (unpaired) electrons. The van der Waals surface area contributed by atoms with Crippen LogP contribution in [0.4, 0.5) is 0 Å². The summed E-state index contributed by atoms with van der Waals surface area (Å²) in [7, 11) is 0. The topological polar surface area (TPSA) is 0 Å². The van der Waals surface area contributed by atoms with Crippen LogP contribution in [0, 0.1) is 30.6 Å². The molecule has 0 N–H and O–H groups in total. The second-order valence-corrected chi connectivity index (χ2v) is 1.03. The van der Waals surface area contributed by atoms with Crippen LogP contribution in [-0.2, 0) is 0 Å². The average Bonchev–Trinajstić information content (AvgIpc) is 1.65. The van der Waals surface area contributed by atoms with Gasteiger partial charge in [-0.05, 0) is 13.3 Å². The van der Waals surface area contributed by atoms with Crippen LogP contribution >= 0.6 is 0 Å². The smallest absolute Gasteiger partial charge is 0.0791 e. The molecule has 0 aromatic heterocycles. The predicted octanol–water partition coefficient (Wildman–Crippen LogP) is 0.845. The third-order valence-electron chi connectivity index (χ3n) is 0.467. The summed E-state index contributed by atoms with van der Waals surface area (Å²) in [6, 6.07) is 0. The molecule has 1 unspecified atom stereocenters. The summed E-state index contributed by atoms with van der Waals surface area (Å²) in [5.41, 5.74) is 0. The second kappa shape index (κ2) is 2.36. The first-order valence-electron chi connectivity index (χ1n) is 1.69. The molecule has 0 heterocycles. The highest BCUT2D eigenvalue weighted by Gasteiger charge is 1.80. The minimum Gasteiger partial charge on any atom is -0.119 e. The van der Waals surface area contributed by atoms with Crippen molar-refractivity contribution in [2.45, 2.75) is 6.92 Å². The summed E-state index contributed by atoms with van der Waals surface area (Å²) in [6.07, 6.45) is 11.3. The number of hydrogen-bond acceptors (Lipinski definition) is 0. The zero-order valence-corrected chi connectivity index (χ0v) is 3.65. The SMILES string of the molecule is [C]#CC(C)C#C. The van der Waals surface area contributed by atoms with Gasteiger partial charge >= 0.3 is 0 Å². The van der Waals surface area contributed by atoms with Gasteiger partial charge in [0.15, 0.2) is 0 Å². The van der Waals surface area contributed by atoms with E-state index in [1.807, 2.05) is 0 Å². The molecule has 0 aliphatic rings. The Labute approximate surface area is 38.6 Å². The fraction of sp³-hybridized carbons (Fsp3) is 0.333. The lowest BCUT2D eigenvalue weighted by Gasteiger charge is -1.80. The van der Waals surface area contributed by atoms with Crippen LogP contribution in [0.3, 0.4) is 0 Å². The molecule has 0 aliphatic carbocycles. The molecule has 0 nitrogen and oxygen atoms in total. The molecule has 0 saturated carbocycles. The van der Waals surface area contributed by atoms with E-state index in [9.17, 15) is 0 Å². The maximum absolute atomic E-state index is 6.42. The van der Waals surface area contributed by atoms with Gasteiger partial charge in [-0.2, -0.15) is 0 Å². The number of hydrogen-bond donors (Lipinski definition) is 0. The number of terminal acetylenes is 1. The van der Waals surface area contributed by atoms with Gasteiger partial charge < -0.3 is 0 Å². The maximum Gasteiger partial charge on any atom is 0.0791 e. The van der Waals surface area contributed by atoms with Crippen molar-refractivity contribution in [1.82, 2.24) is 0 Å². The molecule has 6 heavy (non-hydrogen) atoms. The van der Waals surface area contributed by atoms with E-state index in [1.165, 1.54) is 0 Å². The molecule has 0 saturated heterocycles. The molecule has 0 spiro atoms. The zero-order chi connectivity index (χ0) is 4.99. The third-order valence-corrected chi connectivity index (χ3v) is 0.467. The Bertz CT molecular complexity index is 84.2. The van der Waals surface area contributed by atoms with Crippen LogP contribution in [0.5, 0.6) is 0 Å². The molecule has 0 heteroatoms. The predicted molar refractivity (Wildman–Crippen MR) is 25.1 cm³/mol.